The predicted molar refractivity (Wildman–Crippen MR) is 70.1 cm³/mol. The van der Waals surface area contributed by atoms with E-state index in [1.54, 1.807) is 0 Å². The number of carbonyl (C=O) groups is 1. The summed E-state index contributed by atoms with van der Waals surface area (Å²) in [5.74, 6) is -0.935. The summed E-state index contributed by atoms with van der Waals surface area (Å²) in [5, 5.41) is 9.63. The van der Waals surface area contributed by atoms with Gasteiger partial charge in [-0.3, -0.25) is 0 Å². The molecule has 0 atom stereocenters. The van der Waals surface area contributed by atoms with Crippen LogP contribution in [-0.4, -0.2) is 17.0 Å². The summed E-state index contributed by atoms with van der Waals surface area (Å²) in [4.78, 5) is 16.3. The number of halogens is 2. The predicted octanol–water partition coefficient (Wildman–Crippen LogP) is 0.855. The minimum absolute atomic E-state index is 0.0342. The number of nitrogens with zero attached hydrogens (tertiary/aromatic N) is 2. The van der Waals surface area contributed by atoms with E-state index >= 15 is 0 Å². The van der Waals surface area contributed by atoms with Crippen LogP contribution in [0.1, 0.15) is 16.1 Å². The Kier molecular flexibility index (Phi) is 4.06. The fraction of sp³-hybridized carbons (Fsp3) is 0. The topological polar surface area (TPSA) is 131 Å². The molecule has 0 spiro atoms. The van der Waals surface area contributed by atoms with Crippen LogP contribution >= 0.6 is 23.2 Å². The molecule has 1 aromatic carbocycles. The third-order valence-corrected chi connectivity index (χ3v) is 2.91. The van der Waals surface area contributed by atoms with E-state index in [1.807, 2.05) is 0 Å². The Hall–Kier alpha value is -2.32. The molecule has 0 saturated carbocycles. The maximum atomic E-state index is 11.7. The molecule has 8 nitrogen and oxygen atoms in total. The SMILES string of the molecule is NC(=NOC(=O)c1ccc(Cl)c(Cl)c1)c1no[nH+]c1N. The zero-order valence-electron chi connectivity index (χ0n) is 9.76. The van der Waals surface area contributed by atoms with Crippen LogP contribution in [0.2, 0.25) is 10.0 Å². The maximum Gasteiger partial charge on any atom is 0.365 e. The highest BCUT2D eigenvalue weighted by Gasteiger charge is 2.19. The molecule has 2 rings (SSSR count). The van der Waals surface area contributed by atoms with Gasteiger partial charge in [0, 0.05) is 0 Å². The quantitative estimate of drug-likeness (QED) is 0.373. The summed E-state index contributed by atoms with van der Waals surface area (Å²) in [6, 6.07) is 4.23. The van der Waals surface area contributed by atoms with E-state index in [0.29, 0.717) is 5.02 Å². The van der Waals surface area contributed by atoms with Crippen LogP contribution < -0.4 is 16.6 Å². The molecule has 1 aromatic heterocycles. The molecular weight excluding hydrogens is 309 g/mol. The van der Waals surface area contributed by atoms with Crippen molar-refractivity contribution in [2.75, 3.05) is 5.73 Å². The second-order valence-corrected chi connectivity index (χ2v) is 4.35. The van der Waals surface area contributed by atoms with Gasteiger partial charge < -0.3 is 16.3 Å². The molecule has 0 saturated heterocycles. The minimum atomic E-state index is -0.766. The van der Waals surface area contributed by atoms with Crippen LogP contribution in [0, 0.1) is 0 Å². The molecule has 0 fully saturated rings. The fourth-order valence-corrected chi connectivity index (χ4v) is 1.51. The van der Waals surface area contributed by atoms with Gasteiger partial charge in [0.15, 0.2) is 0 Å². The Morgan fingerprint density at radius 3 is 2.75 bits per heavy atom. The number of H-pyrrole nitrogens is 1. The molecule has 1 heterocycles. The van der Waals surface area contributed by atoms with Gasteiger partial charge in [0.05, 0.1) is 20.8 Å². The highest BCUT2D eigenvalue weighted by Crippen LogP contribution is 2.22. The summed E-state index contributed by atoms with van der Waals surface area (Å²) < 4.78 is 4.45. The molecule has 0 unspecified atom stereocenters. The largest absolute Gasteiger partial charge is 0.378 e. The van der Waals surface area contributed by atoms with E-state index in [0.717, 1.165) is 0 Å². The maximum absolute atomic E-state index is 11.7. The van der Waals surface area contributed by atoms with Crippen molar-refractivity contribution in [2.24, 2.45) is 10.9 Å². The lowest BCUT2D eigenvalue weighted by Gasteiger charge is -2.00. The van der Waals surface area contributed by atoms with Gasteiger partial charge in [-0.2, -0.15) is 0 Å². The molecule has 2 aromatic rings. The first-order valence-corrected chi connectivity index (χ1v) is 5.87. The number of aromatic nitrogens is 2. The Labute approximate surface area is 122 Å². The molecule has 5 N–H and O–H groups in total. The first-order valence-electron chi connectivity index (χ1n) is 5.12. The molecular formula is C10H8Cl2N5O3+. The molecule has 10 heteroatoms. The summed E-state index contributed by atoms with van der Waals surface area (Å²) in [6.07, 6.45) is 0. The molecule has 0 amide bonds. The van der Waals surface area contributed by atoms with E-state index in [4.69, 9.17) is 34.7 Å². The second kappa shape index (κ2) is 5.76. The Morgan fingerprint density at radius 2 is 2.15 bits per heavy atom. The highest BCUT2D eigenvalue weighted by atomic mass is 35.5. The summed E-state index contributed by atoms with van der Waals surface area (Å²) in [7, 11) is 0. The van der Waals surface area contributed by atoms with Crippen molar-refractivity contribution in [2.45, 2.75) is 0 Å². The van der Waals surface area contributed by atoms with Gasteiger partial charge in [0.1, 0.15) is 0 Å². The number of nitrogens with two attached hydrogens (primary N) is 2. The van der Waals surface area contributed by atoms with Crippen LogP contribution in [-0.2, 0) is 4.84 Å². The number of carbonyl (C=O) groups excluding carboxylic acids is 1. The van der Waals surface area contributed by atoms with Gasteiger partial charge in [0.25, 0.3) is 0 Å². The zero-order chi connectivity index (χ0) is 14.7. The number of anilines is 1. The standard InChI is InChI=1S/C10H7Cl2N5O3/c11-5-2-1-4(3-6(5)12)10(18)19-16-8(13)7-9(14)17-20-15-7/h1-3H,(H2,13,16)(H2,14,17)/p+1. The van der Waals surface area contributed by atoms with E-state index < -0.39 is 5.97 Å². The minimum Gasteiger partial charge on any atom is -0.378 e. The number of amidine groups is 1. The average molecular weight is 317 g/mol. The first kappa shape index (κ1) is 14.1. The molecule has 104 valence electrons. The normalized spacial score (nSPS) is 11.4. The lowest BCUT2D eigenvalue weighted by atomic mass is 10.2. The monoisotopic (exact) mass is 316 g/mol. The van der Waals surface area contributed by atoms with Crippen molar-refractivity contribution in [3.63, 3.8) is 0 Å². The van der Waals surface area contributed by atoms with Gasteiger partial charge in [-0.15, -0.1) is 4.63 Å². The number of rotatable bonds is 3. The smallest absolute Gasteiger partial charge is 0.365 e. The van der Waals surface area contributed by atoms with Gasteiger partial charge >= 0.3 is 17.5 Å². The van der Waals surface area contributed by atoms with Gasteiger partial charge in [-0.25, -0.2) is 4.79 Å². The van der Waals surface area contributed by atoms with Gasteiger partial charge in [-0.1, -0.05) is 33.5 Å². The molecule has 0 aliphatic rings. The summed E-state index contributed by atoms with van der Waals surface area (Å²) in [6.45, 7) is 0. The van der Waals surface area contributed by atoms with Gasteiger partial charge in [-0.05, 0) is 18.2 Å². The van der Waals surface area contributed by atoms with Gasteiger partial charge in [0.2, 0.25) is 5.84 Å². The molecule has 0 radical (unpaired) electrons. The molecule has 0 aliphatic heterocycles. The second-order valence-electron chi connectivity index (χ2n) is 3.53. The highest BCUT2D eigenvalue weighted by molar-refractivity contribution is 6.42. The summed E-state index contributed by atoms with van der Waals surface area (Å²) in [5.41, 5.74) is 11.2. The Bertz CT molecular complexity index is 685. The lowest BCUT2D eigenvalue weighted by molar-refractivity contribution is -0.610. The third kappa shape index (κ3) is 2.98. The van der Waals surface area contributed by atoms with Crippen LogP contribution in [0.25, 0.3) is 0 Å². The Morgan fingerprint density at radius 1 is 1.40 bits per heavy atom. The van der Waals surface area contributed by atoms with Crippen LogP contribution in [0.15, 0.2) is 28.0 Å². The number of nitrogens with one attached hydrogen (secondary N) is 1. The third-order valence-electron chi connectivity index (χ3n) is 2.17. The summed E-state index contributed by atoms with van der Waals surface area (Å²) >= 11 is 11.5. The van der Waals surface area contributed by atoms with E-state index in [9.17, 15) is 4.79 Å². The van der Waals surface area contributed by atoms with E-state index in [1.165, 1.54) is 18.2 Å². The first-order chi connectivity index (χ1) is 9.49. The van der Waals surface area contributed by atoms with Crippen molar-refractivity contribution in [3.8, 4) is 0 Å². The van der Waals surface area contributed by atoms with Crippen molar-refractivity contribution in [3.05, 3.63) is 39.5 Å². The fourth-order valence-electron chi connectivity index (χ4n) is 1.21. The average Bonchev–Trinajstić information content (AvgIpc) is 2.85. The lowest BCUT2D eigenvalue weighted by Crippen LogP contribution is -2.18. The number of oxime groups is 1. The number of hydrogen-bond acceptors (Lipinski definition) is 6. The van der Waals surface area contributed by atoms with E-state index in [2.05, 4.69) is 24.9 Å². The van der Waals surface area contributed by atoms with Crippen molar-refractivity contribution in [1.29, 1.82) is 0 Å². The van der Waals surface area contributed by atoms with Crippen molar-refractivity contribution >= 4 is 40.8 Å². The Balaban J connectivity index is 2.12. The number of benzene rings is 1. The number of nitrogen functional groups attached to an aromatic ring is 1. The number of hydrogen-bond donors (Lipinski definition) is 2. The van der Waals surface area contributed by atoms with Crippen molar-refractivity contribution < 1.29 is 19.4 Å². The van der Waals surface area contributed by atoms with Crippen LogP contribution in [0.5, 0.6) is 0 Å². The van der Waals surface area contributed by atoms with Crippen molar-refractivity contribution in [1.82, 2.24) is 5.16 Å². The molecule has 20 heavy (non-hydrogen) atoms. The zero-order valence-corrected chi connectivity index (χ0v) is 11.3. The van der Waals surface area contributed by atoms with Crippen LogP contribution in [0.4, 0.5) is 5.82 Å². The van der Waals surface area contributed by atoms with E-state index in [-0.39, 0.29) is 27.9 Å². The number of aromatic amines is 1. The molecule has 0 aliphatic carbocycles. The molecule has 0 bridgehead atoms. The van der Waals surface area contributed by atoms with Crippen LogP contribution in [0.3, 0.4) is 0 Å².